The van der Waals surface area contributed by atoms with Gasteiger partial charge in [0.15, 0.2) is 6.61 Å². The molecule has 0 radical (unpaired) electrons. The number of ether oxygens (including phenoxy) is 1. The van der Waals surface area contributed by atoms with Gasteiger partial charge in [-0.15, -0.1) is 10.2 Å². The Morgan fingerprint density at radius 1 is 1.13 bits per heavy atom. The lowest BCUT2D eigenvalue weighted by Gasteiger charge is -2.11. The van der Waals surface area contributed by atoms with Gasteiger partial charge in [-0.2, -0.15) is 0 Å². The minimum Gasteiger partial charge on any atom is -0.508 e. The Morgan fingerprint density at radius 3 is 2.71 bits per heavy atom. The Bertz CT molecular complexity index is 1320. The highest BCUT2D eigenvalue weighted by Gasteiger charge is 2.27. The van der Waals surface area contributed by atoms with Crippen molar-refractivity contribution in [2.24, 2.45) is 0 Å². The summed E-state index contributed by atoms with van der Waals surface area (Å²) in [6.07, 6.45) is 3.51. The molecule has 154 valence electrons. The Kier molecular flexibility index (Phi) is 4.71. The normalized spacial score (nSPS) is 14.2. The third-order valence-corrected chi connectivity index (χ3v) is 5.27. The van der Waals surface area contributed by atoms with Crippen LogP contribution in [0.3, 0.4) is 0 Å². The molecular formula is C24H19N3O4. The smallest absolute Gasteiger partial charge is 0.339 e. The van der Waals surface area contributed by atoms with E-state index in [1.54, 1.807) is 19.1 Å². The number of allylic oxidation sites excluding steroid dienone is 1. The van der Waals surface area contributed by atoms with Crippen molar-refractivity contribution in [1.29, 1.82) is 0 Å². The number of benzene rings is 2. The Labute approximate surface area is 178 Å². The molecule has 0 aliphatic heterocycles. The topological polar surface area (TPSA) is 98.3 Å². The van der Waals surface area contributed by atoms with E-state index in [2.05, 4.69) is 10.2 Å². The van der Waals surface area contributed by atoms with Crippen molar-refractivity contribution in [3.05, 3.63) is 82.7 Å². The second kappa shape index (κ2) is 7.68. The minimum absolute atomic E-state index is 0.0820. The van der Waals surface area contributed by atoms with Gasteiger partial charge in [-0.1, -0.05) is 30.3 Å². The molecule has 2 heterocycles. The summed E-state index contributed by atoms with van der Waals surface area (Å²) in [4.78, 5) is 18.0. The van der Waals surface area contributed by atoms with Gasteiger partial charge in [-0.3, -0.25) is 0 Å². The van der Waals surface area contributed by atoms with Crippen molar-refractivity contribution in [2.75, 3.05) is 0 Å². The molecule has 0 bridgehead atoms. The van der Waals surface area contributed by atoms with Crippen LogP contribution in [0.5, 0.6) is 5.75 Å². The maximum atomic E-state index is 13.1. The molecule has 2 aromatic carbocycles. The second-order valence-electron chi connectivity index (χ2n) is 7.38. The predicted molar refractivity (Wildman–Crippen MR) is 114 cm³/mol. The molecule has 0 saturated heterocycles. The zero-order valence-electron chi connectivity index (χ0n) is 16.8. The molecular weight excluding hydrogens is 394 g/mol. The fourth-order valence-corrected chi connectivity index (χ4v) is 3.88. The fourth-order valence-electron chi connectivity index (χ4n) is 3.88. The zero-order valence-corrected chi connectivity index (χ0v) is 16.8. The van der Waals surface area contributed by atoms with Gasteiger partial charge >= 0.3 is 5.97 Å². The Balaban J connectivity index is 1.55. The van der Waals surface area contributed by atoms with E-state index in [0.717, 1.165) is 39.7 Å². The number of nitrogens with zero attached hydrogens (tertiary/aromatic N) is 3. The molecule has 1 aliphatic carbocycles. The molecule has 7 nitrogen and oxygen atoms in total. The number of aromatic hydroxyl groups is 1. The number of hydrogen-bond acceptors (Lipinski definition) is 7. The summed E-state index contributed by atoms with van der Waals surface area (Å²) in [5.41, 5.74) is 4.98. The molecule has 31 heavy (non-hydrogen) atoms. The number of phenolic OH excluding ortho intramolecular Hbond substituents is 1. The Hall–Kier alpha value is -4.00. The Morgan fingerprint density at radius 2 is 1.94 bits per heavy atom. The number of fused-ring (bicyclic) bond motifs is 2. The van der Waals surface area contributed by atoms with E-state index in [4.69, 9.17) is 14.1 Å². The molecule has 0 spiro atoms. The number of rotatable bonds is 4. The molecule has 0 fully saturated rings. The first-order valence-corrected chi connectivity index (χ1v) is 9.96. The first-order chi connectivity index (χ1) is 15.1. The van der Waals surface area contributed by atoms with Gasteiger partial charge in [-0.05, 0) is 53.8 Å². The quantitative estimate of drug-likeness (QED) is 0.493. The lowest BCUT2D eigenvalue weighted by Crippen LogP contribution is -2.10. The summed E-state index contributed by atoms with van der Waals surface area (Å²) in [5.74, 6) is 0.468. The van der Waals surface area contributed by atoms with E-state index in [-0.39, 0.29) is 18.2 Å². The van der Waals surface area contributed by atoms with Crippen LogP contribution in [-0.2, 0) is 17.8 Å². The second-order valence-corrected chi connectivity index (χ2v) is 7.38. The number of hydrogen-bond donors (Lipinski definition) is 1. The highest BCUT2D eigenvalue weighted by Crippen LogP contribution is 2.38. The average molecular weight is 413 g/mol. The molecule has 5 rings (SSSR count). The van der Waals surface area contributed by atoms with Crippen LogP contribution in [0.4, 0.5) is 0 Å². The third-order valence-electron chi connectivity index (χ3n) is 5.27. The van der Waals surface area contributed by atoms with Crippen molar-refractivity contribution in [2.45, 2.75) is 26.4 Å². The fraction of sp³-hybridized carbons (Fsp3) is 0.167. The molecule has 7 heteroatoms. The largest absolute Gasteiger partial charge is 0.508 e. The van der Waals surface area contributed by atoms with Gasteiger partial charge in [0.1, 0.15) is 5.75 Å². The highest BCUT2D eigenvalue weighted by atomic mass is 16.5. The van der Waals surface area contributed by atoms with Gasteiger partial charge < -0.3 is 14.3 Å². The molecule has 4 aromatic rings. The maximum Gasteiger partial charge on any atom is 0.339 e. The SMILES string of the molecule is Cc1nnc(COC(=O)c2c3c(nc4ccccc24)/C(=C/c2ccc(O)cc2)CC3)o1. The molecule has 0 saturated carbocycles. The number of esters is 1. The number of carbonyl (C=O) groups is 1. The number of pyridine rings is 1. The van der Waals surface area contributed by atoms with Crippen molar-refractivity contribution < 1.29 is 19.1 Å². The van der Waals surface area contributed by atoms with Gasteiger partial charge in [0.05, 0.1) is 16.8 Å². The number of phenols is 1. The van der Waals surface area contributed by atoms with E-state index in [1.165, 1.54) is 0 Å². The zero-order chi connectivity index (χ0) is 21.4. The summed E-state index contributed by atoms with van der Waals surface area (Å²) >= 11 is 0. The number of para-hydroxylation sites is 1. The van der Waals surface area contributed by atoms with Gasteiger partial charge in [0.2, 0.25) is 5.89 Å². The van der Waals surface area contributed by atoms with Gasteiger partial charge in [-0.25, -0.2) is 9.78 Å². The molecule has 0 amide bonds. The molecule has 0 atom stereocenters. The van der Waals surface area contributed by atoms with Gasteiger partial charge in [0, 0.05) is 12.3 Å². The molecule has 1 aliphatic rings. The minimum atomic E-state index is -0.434. The van der Waals surface area contributed by atoms with Crippen LogP contribution in [0.2, 0.25) is 0 Å². The predicted octanol–water partition coefficient (Wildman–Crippen LogP) is 4.48. The van der Waals surface area contributed by atoms with Crippen molar-refractivity contribution in [3.8, 4) is 5.75 Å². The molecule has 1 N–H and O–H groups in total. The third kappa shape index (κ3) is 3.66. The van der Waals surface area contributed by atoms with E-state index in [1.807, 2.05) is 42.5 Å². The van der Waals surface area contributed by atoms with E-state index in [0.29, 0.717) is 17.9 Å². The van der Waals surface area contributed by atoms with Gasteiger partial charge in [0.25, 0.3) is 5.89 Å². The first-order valence-electron chi connectivity index (χ1n) is 9.96. The van der Waals surface area contributed by atoms with E-state index < -0.39 is 5.97 Å². The lowest BCUT2D eigenvalue weighted by atomic mass is 10.0. The average Bonchev–Trinajstić information content (AvgIpc) is 3.37. The summed E-state index contributed by atoms with van der Waals surface area (Å²) in [6, 6.07) is 14.6. The van der Waals surface area contributed by atoms with E-state index in [9.17, 15) is 9.90 Å². The number of aromatic nitrogens is 3. The number of carbonyl (C=O) groups excluding carboxylic acids is 1. The van der Waals surface area contributed by atoms with Crippen LogP contribution < -0.4 is 0 Å². The first kappa shape index (κ1) is 19.0. The monoisotopic (exact) mass is 413 g/mol. The van der Waals surface area contributed by atoms with Crippen LogP contribution in [0.15, 0.2) is 52.9 Å². The highest BCUT2D eigenvalue weighted by molar-refractivity contribution is 6.07. The number of aryl methyl sites for hydroxylation is 1. The molecule has 0 unspecified atom stereocenters. The maximum absolute atomic E-state index is 13.1. The van der Waals surface area contributed by atoms with Crippen molar-refractivity contribution >= 4 is 28.5 Å². The van der Waals surface area contributed by atoms with Crippen molar-refractivity contribution in [1.82, 2.24) is 15.2 Å². The van der Waals surface area contributed by atoms with Crippen molar-refractivity contribution in [3.63, 3.8) is 0 Å². The standard InChI is InChI=1S/C24H19N3O4/c1-14-26-27-21(31-14)13-30-24(29)22-18-4-2-3-5-20(18)25-23-16(8-11-19(22)23)12-15-6-9-17(28)10-7-15/h2-7,9-10,12,28H,8,11,13H2,1H3/b16-12+. The summed E-state index contributed by atoms with van der Waals surface area (Å²) in [7, 11) is 0. The van der Waals surface area contributed by atoms with E-state index >= 15 is 0 Å². The lowest BCUT2D eigenvalue weighted by molar-refractivity contribution is 0.0438. The summed E-state index contributed by atoms with van der Waals surface area (Å²) in [6.45, 7) is 1.60. The van der Waals surface area contributed by atoms with Crippen LogP contribution in [0.1, 0.15) is 45.4 Å². The van der Waals surface area contributed by atoms with Crippen LogP contribution in [-0.4, -0.2) is 26.3 Å². The van der Waals surface area contributed by atoms with Crippen LogP contribution in [0.25, 0.3) is 22.6 Å². The van der Waals surface area contributed by atoms with Crippen LogP contribution >= 0.6 is 0 Å². The summed E-state index contributed by atoms with van der Waals surface area (Å²) in [5, 5.41) is 17.9. The molecule has 2 aromatic heterocycles. The van der Waals surface area contributed by atoms with Crippen LogP contribution in [0, 0.1) is 6.92 Å². The summed E-state index contributed by atoms with van der Waals surface area (Å²) < 4.78 is 10.8.